The Bertz CT molecular complexity index is 737. The van der Waals surface area contributed by atoms with Crippen LogP contribution in [0.5, 0.6) is 0 Å². The zero-order valence-corrected chi connectivity index (χ0v) is 14.4. The first-order valence-corrected chi connectivity index (χ1v) is 9.13. The van der Waals surface area contributed by atoms with Crippen molar-refractivity contribution in [3.05, 3.63) is 36.0 Å². The van der Waals surface area contributed by atoms with Crippen molar-refractivity contribution in [3.8, 4) is 0 Å². The predicted molar refractivity (Wildman–Crippen MR) is 94.0 cm³/mol. The number of nitrogens with one attached hydrogen (secondary N) is 1. The lowest BCUT2D eigenvalue weighted by atomic mass is 10.1. The van der Waals surface area contributed by atoms with Gasteiger partial charge in [0.25, 0.3) is 0 Å². The molecular formula is C18H24N6O. The summed E-state index contributed by atoms with van der Waals surface area (Å²) in [5.74, 6) is 0.877. The summed E-state index contributed by atoms with van der Waals surface area (Å²) in [4.78, 5) is 23.1. The first kappa shape index (κ1) is 16.2. The molecule has 0 spiro atoms. The molecule has 4 rings (SSSR count). The molecule has 1 aliphatic carbocycles. The molecule has 7 nitrogen and oxygen atoms in total. The normalized spacial score (nSPS) is 18.2. The zero-order chi connectivity index (χ0) is 17.1. The summed E-state index contributed by atoms with van der Waals surface area (Å²) in [6, 6.07) is 2.33. The van der Waals surface area contributed by atoms with Gasteiger partial charge >= 0.3 is 0 Å². The number of carbonyl (C=O) groups excluding carboxylic acids is 1. The highest BCUT2D eigenvalue weighted by atomic mass is 16.1. The Balaban J connectivity index is 1.30. The van der Waals surface area contributed by atoms with E-state index in [4.69, 9.17) is 0 Å². The van der Waals surface area contributed by atoms with Gasteiger partial charge in [0.05, 0.1) is 17.9 Å². The van der Waals surface area contributed by atoms with Gasteiger partial charge in [-0.25, -0.2) is 14.6 Å². The van der Waals surface area contributed by atoms with Crippen molar-refractivity contribution in [2.75, 3.05) is 18.4 Å². The SMILES string of the molecule is O=C(CCN1CCc2cncnc2C1)Nc1ccnn1C1CCCC1. The van der Waals surface area contributed by atoms with Crippen molar-refractivity contribution in [2.45, 2.75) is 51.1 Å². The van der Waals surface area contributed by atoms with Crippen molar-refractivity contribution in [3.63, 3.8) is 0 Å². The third kappa shape index (κ3) is 3.71. The van der Waals surface area contributed by atoms with Crippen molar-refractivity contribution < 1.29 is 4.79 Å². The molecule has 7 heteroatoms. The molecule has 0 aromatic carbocycles. The summed E-state index contributed by atoms with van der Waals surface area (Å²) >= 11 is 0. The van der Waals surface area contributed by atoms with Gasteiger partial charge in [-0.3, -0.25) is 9.69 Å². The fraction of sp³-hybridized carbons (Fsp3) is 0.556. The second-order valence-electron chi connectivity index (χ2n) is 6.92. The highest BCUT2D eigenvalue weighted by Gasteiger charge is 2.21. The summed E-state index contributed by atoms with van der Waals surface area (Å²) in [6.45, 7) is 2.49. The Hall–Kier alpha value is -2.28. The van der Waals surface area contributed by atoms with Crippen LogP contribution in [0.1, 0.15) is 49.4 Å². The van der Waals surface area contributed by atoms with E-state index in [-0.39, 0.29) is 5.91 Å². The quantitative estimate of drug-likeness (QED) is 0.903. The van der Waals surface area contributed by atoms with E-state index in [2.05, 4.69) is 25.3 Å². The van der Waals surface area contributed by atoms with Crippen molar-refractivity contribution in [1.29, 1.82) is 0 Å². The Labute approximate surface area is 147 Å². The van der Waals surface area contributed by atoms with Gasteiger partial charge in [0.15, 0.2) is 0 Å². The number of anilines is 1. The molecule has 1 N–H and O–H groups in total. The van der Waals surface area contributed by atoms with Gasteiger partial charge in [-0.1, -0.05) is 12.8 Å². The molecule has 1 fully saturated rings. The van der Waals surface area contributed by atoms with Crippen LogP contribution in [0.4, 0.5) is 5.82 Å². The molecule has 132 valence electrons. The van der Waals surface area contributed by atoms with E-state index in [0.29, 0.717) is 12.5 Å². The third-order valence-electron chi connectivity index (χ3n) is 5.22. The summed E-state index contributed by atoms with van der Waals surface area (Å²) in [5, 5.41) is 7.44. The maximum atomic E-state index is 12.4. The van der Waals surface area contributed by atoms with Crippen LogP contribution in [-0.2, 0) is 17.8 Å². The van der Waals surface area contributed by atoms with Gasteiger partial charge in [0, 0.05) is 38.3 Å². The van der Waals surface area contributed by atoms with Crippen LogP contribution in [0, 0.1) is 0 Å². The molecule has 1 saturated carbocycles. The molecule has 0 unspecified atom stereocenters. The molecule has 0 atom stereocenters. The van der Waals surface area contributed by atoms with Gasteiger partial charge in [0.1, 0.15) is 12.1 Å². The van der Waals surface area contributed by atoms with E-state index >= 15 is 0 Å². The fourth-order valence-corrected chi connectivity index (χ4v) is 3.81. The second kappa shape index (κ2) is 7.31. The van der Waals surface area contributed by atoms with Crippen LogP contribution in [-0.4, -0.2) is 43.6 Å². The average Bonchev–Trinajstić information content (AvgIpc) is 3.31. The van der Waals surface area contributed by atoms with Gasteiger partial charge in [-0.15, -0.1) is 0 Å². The average molecular weight is 340 g/mol. The number of hydrogen-bond acceptors (Lipinski definition) is 5. The van der Waals surface area contributed by atoms with Crippen LogP contribution in [0.15, 0.2) is 24.8 Å². The standard InChI is InChI=1S/C18H24N6O/c25-18(22-17-5-8-21-24(17)15-3-1-2-4-15)7-10-23-9-6-14-11-19-13-20-16(14)12-23/h5,8,11,13,15H,1-4,6-7,9-10,12H2,(H,22,25). The summed E-state index contributed by atoms with van der Waals surface area (Å²) in [5.41, 5.74) is 2.31. The third-order valence-corrected chi connectivity index (χ3v) is 5.22. The molecule has 3 heterocycles. The summed E-state index contributed by atoms with van der Waals surface area (Å²) < 4.78 is 1.99. The van der Waals surface area contributed by atoms with E-state index in [1.165, 1.54) is 18.4 Å². The molecule has 2 aliphatic rings. The Morgan fingerprint density at radius 3 is 3.08 bits per heavy atom. The van der Waals surface area contributed by atoms with Crippen LogP contribution < -0.4 is 5.32 Å². The molecule has 2 aromatic rings. The lowest BCUT2D eigenvalue weighted by Gasteiger charge is -2.27. The number of rotatable bonds is 5. The summed E-state index contributed by atoms with van der Waals surface area (Å²) in [6.07, 6.45) is 11.5. The van der Waals surface area contributed by atoms with Crippen molar-refractivity contribution >= 4 is 11.7 Å². The number of carbonyl (C=O) groups is 1. The maximum absolute atomic E-state index is 12.4. The van der Waals surface area contributed by atoms with Gasteiger partial charge < -0.3 is 5.32 Å². The van der Waals surface area contributed by atoms with Crippen LogP contribution in [0.2, 0.25) is 0 Å². The highest BCUT2D eigenvalue weighted by Crippen LogP contribution is 2.31. The maximum Gasteiger partial charge on any atom is 0.226 e. The van der Waals surface area contributed by atoms with Gasteiger partial charge in [0.2, 0.25) is 5.91 Å². The molecule has 25 heavy (non-hydrogen) atoms. The largest absolute Gasteiger partial charge is 0.311 e. The van der Waals surface area contributed by atoms with E-state index in [1.807, 2.05) is 16.9 Å². The van der Waals surface area contributed by atoms with E-state index in [1.54, 1.807) is 12.5 Å². The molecule has 0 saturated heterocycles. The topological polar surface area (TPSA) is 75.9 Å². The van der Waals surface area contributed by atoms with Crippen molar-refractivity contribution in [2.24, 2.45) is 0 Å². The lowest BCUT2D eigenvalue weighted by Crippen LogP contribution is -2.34. The minimum atomic E-state index is 0.0493. The monoisotopic (exact) mass is 340 g/mol. The Morgan fingerprint density at radius 2 is 2.20 bits per heavy atom. The number of aromatic nitrogens is 4. The Morgan fingerprint density at radius 1 is 1.32 bits per heavy atom. The molecule has 1 amide bonds. The van der Waals surface area contributed by atoms with E-state index < -0.39 is 0 Å². The molecule has 0 bridgehead atoms. The lowest BCUT2D eigenvalue weighted by molar-refractivity contribution is -0.116. The highest BCUT2D eigenvalue weighted by molar-refractivity contribution is 5.89. The smallest absolute Gasteiger partial charge is 0.226 e. The van der Waals surface area contributed by atoms with Crippen LogP contribution in [0.3, 0.4) is 0 Å². The van der Waals surface area contributed by atoms with Crippen LogP contribution >= 0.6 is 0 Å². The number of hydrogen-bond donors (Lipinski definition) is 1. The van der Waals surface area contributed by atoms with Gasteiger partial charge in [-0.05, 0) is 24.8 Å². The number of fused-ring (bicyclic) bond motifs is 1. The number of nitrogens with zero attached hydrogens (tertiary/aromatic N) is 5. The summed E-state index contributed by atoms with van der Waals surface area (Å²) in [7, 11) is 0. The predicted octanol–water partition coefficient (Wildman–Crippen LogP) is 2.18. The molecule has 0 radical (unpaired) electrons. The first-order chi connectivity index (χ1) is 12.3. The second-order valence-corrected chi connectivity index (χ2v) is 6.92. The van der Waals surface area contributed by atoms with Crippen molar-refractivity contribution in [1.82, 2.24) is 24.6 Å². The van der Waals surface area contributed by atoms with E-state index in [0.717, 1.165) is 50.4 Å². The Kier molecular flexibility index (Phi) is 4.74. The number of amides is 1. The van der Waals surface area contributed by atoms with E-state index in [9.17, 15) is 4.79 Å². The molecule has 2 aromatic heterocycles. The fourth-order valence-electron chi connectivity index (χ4n) is 3.81. The zero-order valence-electron chi connectivity index (χ0n) is 14.4. The van der Waals surface area contributed by atoms with Gasteiger partial charge in [-0.2, -0.15) is 5.10 Å². The molecular weight excluding hydrogens is 316 g/mol. The van der Waals surface area contributed by atoms with Crippen LogP contribution in [0.25, 0.3) is 0 Å². The first-order valence-electron chi connectivity index (χ1n) is 9.13. The molecule has 1 aliphatic heterocycles. The minimum Gasteiger partial charge on any atom is -0.311 e. The minimum absolute atomic E-state index is 0.0493.